The first-order valence-electron chi connectivity index (χ1n) is 8.00. The van der Waals surface area contributed by atoms with Crippen LogP contribution in [0.15, 0.2) is 48.5 Å². The Kier molecular flexibility index (Phi) is 5.17. The average Bonchev–Trinajstić information content (AvgIpc) is 2.67. The maximum absolute atomic E-state index is 12.1. The molecule has 0 unspecified atom stereocenters. The van der Waals surface area contributed by atoms with Crippen molar-refractivity contribution in [3.63, 3.8) is 0 Å². The molecule has 134 valence electrons. The smallest absolute Gasteiger partial charge is 0.337 e. The van der Waals surface area contributed by atoms with Gasteiger partial charge in [0.2, 0.25) is 0 Å². The van der Waals surface area contributed by atoms with Gasteiger partial charge in [-0.15, -0.1) is 0 Å². The molecule has 0 radical (unpaired) electrons. The lowest BCUT2D eigenvalue weighted by Crippen LogP contribution is -2.40. The molecule has 0 bridgehead atoms. The Bertz CT molecular complexity index is 830. The Labute approximate surface area is 150 Å². The van der Waals surface area contributed by atoms with Gasteiger partial charge in [0.05, 0.1) is 24.8 Å². The van der Waals surface area contributed by atoms with Gasteiger partial charge in [0, 0.05) is 6.54 Å². The summed E-state index contributed by atoms with van der Waals surface area (Å²) in [7, 11) is 1.29. The van der Waals surface area contributed by atoms with E-state index in [-0.39, 0.29) is 25.5 Å². The number of ether oxygens (including phenoxy) is 3. The van der Waals surface area contributed by atoms with Crippen molar-refractivity contribution in [2.45, 2.75) is 6.42 Å². The van der Waals surface area contributed by atoms with Crippen molar-refractivity contribution in [3.05, 3.63) is 54.1 Å². The van der Waals surface area contributed by atoms with Gasteiger partial charge in [-0.25, -0.2) is 4.79 Å². The number of benzene rings is 2. The second kappa shape index (κ2) is 7.69. The highest BCUT2D eigenvalue weighted by molar-refractivity contribution is 5.98. The molecule has 0 aliphatic carbocycles. The molecular weight excluding hydrogens is 338 g/mol. The highest BCUT2D eigenvalue weighted by Gasteiger charge is 2.25. The fraction of sp³-hybridized carbons (Fsp3) is 0.211. The van der Waals surface area contributed by atoms with Crippen LogP contribution < -0.4 is 14.4 Å². The maximum atomic E-state index is 12.1. The van der Waals surface area contributed by atoms with Crippen LogP contribution in [0.2, 0.25) is 0 Å². The van der Waals surface area contributed by atoms with Crippen LogP contribution in [0.3, 0.4) is 0 Å². The summed E-state index contributed by atoms with van der Waals surface area (Å²) in [5, 5.41) is 0. The Balaban J connectivity index is 1.59. The number of hydrogen-bond donors (Lipinski definition) is 0. The second-order valence-electron chi connectivity index (χ2n) is 5.54. The van der Waals surface area contributed by atoms with E-state index < -0.39 is 11.9 Å². The van der Waals surface area contributed by atoms with Crippen LogP contribution >= 0.6 is 0 Å². The molecule has 1 heterocycles. The molecular formula is C19H17NO6. The molecule has 0 spiro atoms. The predicted octanol–water partition coefficient (Wildman–Crippen LogP) is 2.19. The molecule has 0 saturated carbocycles. The molecule has 0 N–H and O–H groups in total. The SMILES string of the molecule is COC(=O)c1ccc(OC(=O)CCN2C(=O)COc3ccccc32)cc1. The summed E-state index contributed by atoms with van der Waals surface area (Å²) in [5.74, 6) is -0.228. The van der Waals surface area contributed by atoms with E-state index in [2.05, 4.69) is 4.74 Å². The minimum Gasteiger partial charge on any atom is -0.482 e. The Morgan fingerprint density at radius 2 is 1.85 bits per heavy atom. The number of rotatable bonds is 5. The molecule has 1 amide bonds. The van der Waals surface area contributed by atoms with Gasteiger partial charge < -0.3 is 19.1 Å². The molecule has 2 aromatic rings. The molecule has 1 aliphatic heterocycles. The first kappa shape index (κ1) is 17.5. The third-order valence-electron chi connectivity index (χ3n) is 3.85. The van der Waals surface area contributed by atoms with E-state index in [0.717, 1.165) is 0 Å². The standard InChI is InChI=1S/C19H17NO6/c1-24-19(23)13-6-8-14(9-7-13)26-18(22)10-11-20-15-4-2-3-5-16(15)25-12-17(20)21/h2-9H,10-12H2,1H3. The van der Waals surface area contributed by atoms with E-state index in [4.69, 9.17) is 9.47 Å². The third kappa shape index (κ3) is 3.83. The minimum atomic E-state index is -0.479. The van der Waals surface area contributed by atoms with Crippen LogP contribution in [0.25, 0.3) is 0 Å². The fourth-order valence-corrected chi connectivity index (χ4v) is 2.56. The molecule has 0 atom stereocenters. The van der Waals surface area contributed by atoms with Gasteiger partial charge in [0.15, 0.2) is 6.61 Å². The monoisotopic (exact) mass is 355 g/mol. The molecule has 0 fully saturated rings. The van der Waals surface area contributed by atoms with Crippen LogP contribution in [0.1, 0.15) is 16.8 Å². The number of hydrogen-bond acceptors (Lipinski definition) is 6. The molecule has 26 heavy (non-hydrogen) atoms. The summed E-state index contributed by atoms with van der Waals surface area (Å²) < 4.78 is 15.2. The summed E-state index contributed by atoms with van der Waals surface area (Å²) in [6.07, 6.45) is 0.0266. The lowest BCUT2D eigenvalue weighted by Gasteiger charge is -2.28. The zero-order chi connectivity index (χ0) is 18.5. The summed E-state index contributed by atoms with van der Waals surface area (Å²) in [6, 6.07) is 13.2. The normalized spacial score (nSPS) is 12.8. The molecule has 0 aromatic heterocycles. The summed E-state index contributed by atoms with van der Waals surface area (Å²) in [4.78, 5) is 37.0. The Morgan fingerprint density at radius 1 is 1.12 bits per heavy atom. The van der Waals surface area contributed by atoms with Crippen molar-refractivity contribution < 1.29 is 28.6 Å². The van der Waals surface area contributed by atoms with Gasteiger partial charge in [0.25, 0.3) is 5.91 Å². The maximum Gasteiger partial charge on any atom is 0.337 e. The molecule has 3 rings (SSSR count). The second-order valence-corrected chi connectivity index (χ2v) is 5.54. The van der Waals surface area contributed by atoms with Crippen molar-refractivity contribution >= 4 is 23.5 Å². The largest absolute Gasteiger partial charge is 0.482 e. The van der Waals surface area contributed by atoms with E-state index in [9.17, 15) is 14.4 Å². The fourth-order valence-electron chi connectivity index (χ4n) is 2.56. The molecule has 7 heteroatoms. The number of para-hydroxylation sites is 2. The van der Waals surface area contributed by atoms with Gasteiger partial charge in [-0.3, -0.25) is 9.59 Å². The van der Waals surface area contributed by atoms with Crippen LogP contribution in [0.4, 0.5) is 5.69 Å². The Hall–Kier alpha value is -3.35. The summed E-state index contributed by atoms with van der Waals surface area (Å²) >= 11 is 0. The number of esters is 2. The number of amides is 1. The zero-order valence-corrected chi connectivity index (χ0v) is 14.1. The predicted molar refractivity (Wildman–Crippen MR) is 92.3 cm³/mol. The number of fused-ring (bicyclic) bond motifs is 1. The zero-order valence-electron chi connectivity index (χ0n) is 14.1. The third-order valence-corrected chi connectivity index (χ3v) is 3.85. The number of carbonyl (C=O) groups is 3. The first-order chi connectivity index (χ1) is 12.6. The molecule has 7 nitrogen and oxygen atoms in total. The highest BCUT2D eigenvalue weighted by Crippen LogP contribution is 2.31. The summed E-state index contributed by atoms with van der Waals surface area (Å²) in [6.45, 7) is 0.138. The topological polar surface area (TPSA) is 82.1 Å². The molecule has 0 saturated heterocycles. The van der Waals surface area contributed by atoms with Gasteiger partial charge >= 0.3 is 11.9 Å². The van der Waals surface area contributed by atoms with Crippen LogP contribution in [-0.2, 0) is 14.3 Å². The number of carbonyl (C=O) groups excluding carboxylic acids is 3. The van der Waals surface area contributed by atoms with E-state index in [1.807, 2.05) is 6.07 Å². The molecule has 1 aliphatic rings. The summed E-state index contributed by atoms with van der Waals surface area (Å²) in [5.41, 5.74) is 1.00. The highest BCUT2D eigenvalue weighted by atomic mass is 16.5. The van der Waals surface area contributed by atoms with Gasteiger partial charge in [-0.2, -0.15) is 0 Å². The van der Waals surface area contributed by atoms with Crippen molar-refractivity contribution in [2.24, 2.45) is 0 Å². The van der Waals surface area contributed by atoms with E-state index in [1.54, 1.807) is 18.2 Å². The van der Waals surface area contributed by atoms with E-state index in [0.29, 0.717) is 22.7 Å². The minimum absolute atomic E-state index is 0.0266. The van der Waals surface area contributed by atoms with Crippen LogP contribution in [-0.4, -0.2) is 38.1 Å². The van der Waals surface area contributed by atoms with Crippen LogP contribution in [0, 0.1) is 0 Å². The Morgan fingerprint density at radius 3 is 2.58 bits per heavy atom. The lowest BCUT2D eigenvalue weighted by atomic mass is 10.2. The number of anilines is 1. The van der Waals surface area contributed by atoms with Crippen LogP contribution in [0.5, 0.6) is 11.5 Å². The van der Waals surface area contributed by atoms with Crippen molar-refractivity contribution in [1.82, 2.24) is 0 Å². The van der Waals surface area contributed by atoms with Gasteiger partial charge in [0.1, 0.15) is 11.5 Å². The van der Waals surface area contributed by atoms with Crippen molar-refractivity contribution in [1.29, 1.82) is 0 Å². The number of nitrogens with zero attached hydrogens (tertiary/aromatic N) is 1. The van der Waals surface area contributed by atoms with Gasteiger partial charge in [-0.05, 0) is 36.4 Å². The average molecular weight is 355 g/mol. The first-order valence-corrected chi connectivity index (χ1v) is 8.00. The van der Waals surface area contributed by atoms with E-state index in [1.165, 1.54) is 36.3 Å². The number of methoxy groups -OCH3 is 1. The van der Waals surface area contributed by atoms with Crippen molar-refractivity contribution in [3.8, 4) is 11.5 Å². The van der Waals surface area contributed by atoms with E-state index >= 15 is 0 Å². The lowest BCUT2D eigenvalue weighted by molar-refractivity contribution is -0.134. The quantitative estimate of drug-likeness (QED) is 0.604. The molecule has 2 aromatic carbocycles. The van der Waals surface area contributed by atoms with Crippen molar-refractivity contribution in [2.75, 3.05) is 25.2 Å². The van der Waals surface area contributed by atoms with Gasteiger partial charge in [-0.1, -0.05) is 12.1 Å².